The lowest BCUT2D eigenvalue weighted by molar-refractivity contribution is -0.0885. The van der Waals surface area contributed by atoms with Crippen molar-refractivity contribution < 1.29 is 13.2 Å². The van der Waals surface area contributed by atoms with Gasteiger partial charge in [-0.2, -0.15) is 13.2 Å². The highest BCUT2D eigenvalue weighted by Crippen LogP contribution is 2.27. The van der Waals surface area contributed by atoms with Gasteiger partial charge in [0, 0.05) is 6.20 Å². The maximum atomic E-state index is 11.5. The van der Waals surface area contributed by atoms with Crippen LogP contribution in [0.3, 0.4) is 0 Å². The van der Waals surface area contributed by atoms with Crippen molar-refractivity contribution in [1.29, 1.82) is 0 Å². The normalized spacial score (nSPS) is 17.4. The third-order valence-corrected chi connectivity index (χ3v) is 0.806. The standard InChI is InChI=1S/C5H2F3N/c6-5(7,8)4-1-2-9-3-4/h1-2H. The summed E-state index contributed by atoms with van der Waals surface area (Å²) in [5, 5.41) is 3.14. The van der Waals surface area contributed by atoms with Crippen LogP contribution in [0.1, 0.15) is 0 Å². The van der Waals surface area contributed by atoms with Crippen LogP contribution in [0.5, 0.6) is 0 Å². The van der Waals surface area contributed by atoms with Gasteiger partial charge in [0.05, 0.1) is 5.57 Å². The van der Waals surface area contributed by atoms with Gasteiger partial charge in [0.2, 0.25) is 0 Å². The number of halogens is 3. The third kappa shape index (κ3) is 1.25. The summed E-state index contributed by atoms with van der Waals surface area (Å²) in [6, 6.07) is 0. The number of hydrogen-bond acceptors (Lipinski definition) is 0. The van der Waals surface area contributed by atoms with Crippen molar-refractivity contribution >= 4 is 0 Å². The summed E-state index contributed by atoms with van der Waals surface area (Å²) in [6.07, 6.45) is -0.560. The molecule has 1 aliphatic heterocycles. The Morgan fingerprint density at radius 1 is 1.44 bits per heavy atom. The molecule has 0 bridgehead atoms. The molecule has 0 aromatic heterocycles. The van der Waals surface area contributed by atoms with Crippen molar-refractivity contribution in [3.8, 4) is 0 Å². The second-order valence-electron chi connectivity index (χ2n) is 1.47. The SMILES string of the molecule is FC(F)(F)C1=[C][N]C=C1. The molecule has 9 heavy (non-hydrogen) atoms. The van der Waals surface area contributed by atoms with Gasteiger partial charge in [0.25, 0.3) is 0 Å². The van der Waals surface area contributed by atoms with Crippen LogP contribution in [0.15, 0.2) is 17.8 Å². The van der Waals surface area contributed by atoms with Gasteiger partial charge >= 0.3 is 6.18 Å². The minimum Gasteiger partial charge on any atom is -0.254 e. The molecule has 0 aromatic carbocycles. The molecule has 0 aromatic rings. The molecule has 0 spiro atoms. The smallest absolute Gasteiger partial charge is 0.254 e. The predicted molar refractivity (Wildman–Crippen MR) is 24.1 cm³/mol. The van der Waals surface area contributed by atoms with Gasteiger partial charge in [-0.25, -0.2) is 0 Å². The van der Waals surface area contributed by atoms with Crippen LogP contribution in [-0.4, -0.2) is 6.18 Å². The second kappa shape index (κ2) is 1.79. The molecular formula is C5H2F3N. The van der Waals surface area contributed by atoms with E-state index in [1.807, 2.05) is 0 Å². The van der Waals surface area contributed by atoms with Crippen molar-refractivity contribution in [3.05, 3.63) is 24.0 Å². The average Bonchev–Trinajstić information content (AvgIpc) is 2.08. The van der Waals surface area contributed by atoms with E-state index < -0.39 is 11.7 Å². The minimum absolute atomic E-state index is 0.817. The van der Waals surface area contributed by atoms with E-state index in [0.29, 0.717) is 0 Å². The fraction of sp³-hybridized carbons (Fsp3) is 0.200. The zero-order chi connectivity index (χ0) is 6.91. The Kier molecular flexibility index (Phi) is 1.23. The van der Waals surface area contributed by atoms with Crippen LogP contribution in [-0.2, 0) is 0 Å². The Balaban J connectivity index is 2.73. The Morgan fingerprint density at radius 2 is 2.11 bits per heavy atom. The van der Waals surface area contributed by atoms with Crippen molar-refractivity contribution in [2.24, 2.45) is 0 Å². The molecule has 1 aliphatic rings. The molecule has 0 aliphatic carbocycles. The highest BCUT2D eigenvalue weighted by Gasteiger charge is 2.33. The summed E-state index contributed by atoms with van der Waals surface area (Å²) in [5.41, 5.74) is -0.817. The topological polar surface area (TPSA) is 14.1 Å². The van der Waals surface area contributed by atoms with Crippen LogP contribution >= 0.6 is 0 Å². The summed E-state index contributed by atoms with van der Waals surface area (Å²) in [4.78, 5) is 0. The van der Waals surface area contributed by atoms with E-state index in [1.165, 1.54) is 0 Å². The molecule has 0 N–H and O–H groups in total. The van der Waals surface area contributed by atoms with Gasteiger partial charge in [0.1, 0.15) is 6.20 Å². The molecule has 0 atom stereocenters. The lowest BCUT2D eigenvalue weighted by Gasteiger charge is -2.01. The van der Waals surface area contributed by atoms with Crippen LogP contribution in [0.2, 0.25) is 0 Å². The first-order chi connectivity index (χ1) is 4.11. The van der Waals surface area contributed by atoms with Crippen LogP contribution in [0, 0.1) is 6.20 Å². The van der Waals surface area contributed by atoms with Crippen molar-refractivity contribution in [2.45, 2.75) is 6.18 Å². The molecule has 1 rings (SSSR count). The second-order valence-corrected chi connectivity index (χ2v) is 1.47. The fourth-order valence-corrected chi connectivity index (χ4v) is 0.414. The number of nitrogens with zero attached hydrogens (tertiary/aromatic N) is 1. The Hall–Kier alpha value is -0.930. The Bertz CT molecular complexity index is 166. The molecule has 4 heteroatoms. The lowest BCUT2D eigenvalue weighted by atomic mass is 10.3. The largest absolute Gasteiger partial charge is 0.418 e. The molecule has 48 valence electrons. The van der Waals surface area contributed by atoms with E-state index in [4.69, 9.17) is 0 Å². The van der Waals surface area contributed by atoms with E-state index in [1.54, 1.807) is 6.20 Å². The first kappa shape index (κ1) is 6.19. The quantitative estimate of drug-likeness (QED) is 0.473. The van der Waals surface area contributed by atoms with Gasteiger partial charge in [-0.3, -0.25) is 5.32 Å². The third-order valence-electron chi connectivity index (χ3n) is 0.806. The molecule has 0 fully saturated rings. The van der Waals surface area contributed by atoms with Gasteiger partial charge in [0.15, 0.2) is 0 Å². The summed E-state index contributed by atoms with van der Waals surface area (Å²) in [5.74, 6) is 0. The summed E-state index contributed by atoms with van der Waals surface area (Å²) in [7, 11) is 0. The first-order valence-electron chi connectivity index (χ1n) is 2.17. The predicted octanol–water partition coefficient (Wildman–Crippen LogP) is 1.37. The number of alkyl halides is 3. The van der Waals surface area contributed by atoms with Crippen LogP contribution in [0.4, 0.5) is 13.2 Å². The fourth-order valence-electron chi connectivity index (χ4n) is 0.414. The number of allylic oxidation sites excluding steroid dienone is 2. The molecule has 0 amide bonds. The lowest BCUT2D eigenvalue weighted by Crippen LogP contribution is -2.08. The Labute approximate surface area is 49.9 Å². The monoisotopic (exact) mass is 133 g/mol. The van der Waals surface area contributed by atoms with E-state index >= 15 is 0 Å². The maximum Gasteiger partial charge on any atom is 0.418 e. The maximum absolute atomic E-state index is 11.5. The zero-order valence-electron chi connectivity index (χ0n) is 4.24. The summed E-state index contributed by atoms with van der Waals surface area (Å²) >= 11 is 0. The van der Waals surface area contributed by atoms with Gasteiger partial charge < -0.3 is 0 Å². The van der Waals surface area contributed by atoms with Crippen molar-refractivity contribution in [1.82, 2.24) is 5.32 Å². The summed E-state index contributed by atoms with van der Waals surface area (Å²) in [6.45, 7) is 0. The minimum atomic E-state index is -4.30. The molecule has 0 unspecified atom stereocenters. The average molecular weight is 133 g/mol. The summed E-state index contributed by atoms with van der Waals surface area (Å²) < 4.78 is 34.6. The van der Waals surface area contributed by atoms with Gasteiger partial charge in [-0.15, -0.1) is 0 Å². The highest BCUT2D eigenvalue weighted by atomic mass is 19.4. The molecule has 2 radical (unpaired) electrons. The molecule has 0 saturated heterocycles. The first-order valence-corrected chi connectivity index (χ1v) is 2.17. The molecular weight excluding hydrogens is 131 g/mol. The van der Waals surface area contributed by atoms with Crippen LogP contribution in [0.25, 0.3) is 0 Å². The van der Waals surface area contributed by atoms with Crippen LogP contribution < -0.4 is 5.32 Å². The van der Waals surface area contributed by atoms with Gasteiger partial charge in [-0.05, 0) is 6.08 Å². The van der Waals surface area contributed by atoms with E-state index in [9.17, 15) is 13.2 Å². The van der Waals surface area contributed by atoms with Crippen molar-refractivity contribution in [2.75, 3.05) is 0 Å². The highest BCUT2D eigenvalue weighted by molar-refractivity contribution is 5.24. The van der Waals surface area contributed by atoms with Crippen molar-refractivity contribution in [3.63, 3.8) is 0 Å². The zero-order valence-corrected chi connectivity index (χ0v) is 4.24. The number of hydrogen-bond donors (Lipinski definition) is 0. The van der Waals surface area contributed by atoms with E-state index in [2.05, 4.69) is 5.32 Å². The van der Waals surface area contributed by atoms with E-state index in [0.717, 1.165) is 12.3 Å². The molecule has 1 heterocycles. The Morgan fingerprint density at radius 3 is 2.33 bits per heavy atom. The van der Waals surface area contributed by atoms with E-state index in [-0.39, 0.29) is 0 Å². The molecule has 0 saturated carbocycles. The number of rotatable bonds is 0. The molecule has 1 nitrogen and oxygen atoms in total. The van der Waals surface area contributed by atoms with Gasteiger partial charge in [-0.1, -0.05) is 0 Å².